The van der Waals surface area contributed by atoms with Crippen molar-refractivity contribution in [3.63, 3.8) is 0 Å². The van der Waals surface area contributed by atoms with Crippen molar-refractivity contribution < 1.29 is 0 Å². The van der Waals surface area contributed by atoms with Gasteiger partial charge < -0.3 is 0 Å². The zero-order valence-corrected chi connectivity index (χ0v) is 12.4. The van der Waals surface area contributed by atoms with Crippen LogP contribution in [0.1, 0.15) is 45.1 Å². The topological polar surface area (TPSA) is 0 Å². The van der Waals surface area contributed by atoms with E-state index in [0.717, 1.165) is 19.3 Å². The van der Waals surface area contributed by atoms with Crippen molar-refractivity contribution in [1.29, 1.82) is 0 Å². The van der Waals surface area contributed by atoms with Gasteiger partial charge in [0.1, 0.15) is 0 Å². The summed E-state index contributed by atoms with van der Waals surface area (Å²) in [5.74, 6) is 0.614. The molecule has 0 amide bonds. The van der Waals surface area contributed by atoms with E-state index in [1.54, 1.807) is 0 Å². The second kappa shape index (κ2) is 8.53. The maximum absolute atomic E-state index is 4.18. The van der Waals surface area contributed by atoms with Gasteiger partial charge in [-0.1, -0.05) is 61.6 Å². The zero-order chi connectivity index (χ0) is 14.1. The van der Waals surface area contributed by atoms with Gasteiger partial charge in [-0.05, 0) is 49.7 Å². The van der Waals surface area contributed by atoms with Crippen molar-refractivity contribution in [2.24, 2.45) is 5.92 Å². The fourth-order valence-electron chi connectivity index (χ4n) is 1.98. The highest BCUT2D eigenvalue weighted by molar-refractivity contribution is 5.63. The Morgan fingerprint density at radius 2 is 1.89 bits per heavy atom. The van der Waals surface area contributed by atoms with E-state index in [0.29, 0.717) is 5.92 Å². The van der Waals surface area contributed by atoms with E-state index >= 15 is 0 Å². The average molecular weight is 254 g/mol. The van der Waals surface area contributed by atoms with Crippen molar-refractivity contribution in [3.8, 4) is 0 Å². The van der Waals surface area contributed by atoms with Crippen molar-refractivity contribution in [1.82, 2.24) is 0 Å². The van der Waals surface area contributed by atoms with Crippen LogP contribution >= 0.6 is 0 Å². The van der Waals surface area contributed by atoms with E-state index in [9.17, 15) is 0 Å². The highest BCUT2D eigenvalue weighted by Crippen LogP contribution is 2.20. The lowest BCUT2D eigenvalue weighted by Crippen LogP contribution is -1.88. The molecule has 0 heteroatoms. The molecule has 0 N–H and O–H groups in total. The van der Waals surface area contributed by atoms with E-state index in [-0.39, 0.29) is 0 Å². The number of benzene rings is 1. The molecule has 0 aliphatic heterocycles. The van der Waals surface area contributed by atoms with Crippen LogP contribution in [0.15, 0.2) is 61.2 Å². The molecule has 0 aromatic heterocycles. The minimum atomic E-state index is 0.614. The van der Waals surface area contributed by atoms with Crippen LogP contribution in [0, 0.1) is 5.92 Å². The van der Waals surface area contributed by atoms with Crippen molar-refractivity contribution in [3.05, 3.63) is 66.8 Å². The fourth-order valence-corrected chi connectivity index (χ4v) is 1.98. The predicted octanol–water partition coefficient (Wildman–Crippen LogP) is 6.03. The molecule has 0 aliphatic carbocycles. The molecule has 1 aromatic rings. The molecule has 0 heterocycles. The summed E-state index contributed by atoms with van der Waals surface area (Å²) in [6.45, 7) is 12.4. The molecule has 19 heavy (non-hydrogen) atoms. The van der Waals surface area contributed by atoms with Crippen molar-refractivity contribution in [2.45, 2.75) is 39.5 Å². The van der Waals surface area contributed by atoms with Gasteiger partial charge in [0.05, 0.1) is 0 Å². The van der Waals surface area contributed by atoms with Gasteiger partial charge in [0.2, 0.25) is 0 Å². The van der Waals surface area contributed by atoms with Gasteiger partial charge in [-0.15, -0.1) is 6.58 Å². The Morgan fingerprint density at radius 1 is 1.21 bits per heavy atom. The largest absolute Gasteiger partial charge is 0.103 e. The molecular formula is C19H26. The first-order valence-electron chi connectivity index (χ1n) is 7.15. The van der Waals surface area contributed by atoms with Crippen molar-refractivity contribution in [2.75, 3.05) is 0 Å². The number of rotatable bonds is 8. The smallest absolute Gasteiger partial charge is 0.0230 e. The van der Waals surface area contributed by atoms with Crippen LogP contribution in [-0.4, -0.2) is 0 Å². The summed E-state index contributed by atoms with van der Waals surface area (Å²) in [5.41, 5.74) is 3.96. The van der Waals surface area contributed by atoms with E-state index in [1.165, 1.54) is 23.1 Å². The highest BCUT2D eigenvalue weighted by Gasteiger charge is 1.99. The Labute approximate surface area is 118 Å². The molecule has 0 saturated heterocycles. The summed E-state index contributed by atoms with van der Waals surface area (Å²) in [5, 5.41) is 0. The van der Waals surface area contributed by atoms with Crippen molar-refractivity contribution >= 4 is 5.57 Å². The normalized spacial score (nSPS) is 13.1. The highest BCUT2D eigenvalue weighted by atomic mass is 14.0. The van der Waals surface area contributed by atoms with Crippen LogP contribution in [0.3, 0.4) is 0 Å². The van der Waals surface area contributed by atoms with Gasteiger partial charge in [-0.3, -0.25) is 0 Å². The Kier molecular flexibility index (Phi) is 6.95. The van der Waals surface area contributed by atoms with Crippen LogP contribution in [0.2, 0.25) is 0 Å². The lowest BCUT2D eigenvalue weighted by atomic mass is 9.99. The quantitative estimate of drug-likeness (QED) is 0.497. The van der Waals surface area contributed by atoms with Crippen LogP contribution in [0.5, 0.6) is 0 Å². The molecule has 1 atom stereocenters. The lowest BCUT2D eigenvalue weighted by molar-refractivity contribution is 0.656. The summed E-state index contributed by atoms with van der Waals surface area (Å²) in [7, 11) is 0. The van der Waals surface area contributed by atoms with E-state index in [1.807, 2.05) is 12.1 Å². The first-order chi connectivity index (χ1) is 9.13. The predicted molar refractivity (Wildman–Crippen MR) is 87.1 cm³/mol. The van der Waals surface area contributed by atoms with Gasteiger partial charge in [0.15, 0.2) is 0 Å². The lowest BCUT2D eigenvalue weighted by Gasteiger charge is -2.07. The minimum Gasteiger partial charge on any atom is -0.103 e. The van der Waals surface area contributed by atoms with Crippen LogP contribution < -0.4 is 0 Å². The SMILES string of the molecule is C=CC(C)CCC=C(C)CCC(=C)c1ccccc1. The summed E-state index contributed by atoms with van der Waals surface area (Å²) in [6, 6.07) is 10.4. The average Bonchev–Trinajstić information content (AvgIpc) is 2.45. The third-order valence-electron chi connectivity index (χ3n) is 3.52. The van der Waals surface area contributed by atoms with Crippen LogP contribution in [-0.2, 0) is 0 Å². The minimum absolute atomic E-state index is 0.614. The summed E-state index contributed by atoms with van der Waals surface area (Å²) in [6.07, 6.45) is 8.88. The zero-order valence-electron chi connectivity index (χ0n) is 12.4. The van der Waals surface area contributed by atoms with Gasteiger partial charge in [0, 0.05) is 0 Å². The summed E-state index contributed by atoms with van der Waals surface area (Å²) < 4.78 is 0. The summed E-state index contributed by atoms with van der Waals surface area (Å²) in [4.78, 5) is 0. The monoisotopic (exact) mass is 254 g/mol. The molecule has 1 rings (SSSR count). The molecule has 0 saturated carbocycles. The third kappa shape index (κ3) is 6.24. The standard InChI is InChI=1S/C19H26/c1-5-16(2)10-9-11-17(3)14-15-18(4)19-12-7-6-8-13-19/h5-8,11-13,16H,1,4,9-10,14-15H2,2-3H3. The molecule has 102 valence electrons. The Hall–Kier alpha value is -1.56. The number of hydrogen-bond acceptors (Lipinski definition) is 0. The van der Waals surface area contributed by atoms with Gasteiger partial charge in [-0.2, -0.15) is 0 Å². The maximum atomic E-state index is 4.18. The van der Waals surface area contributed by atoms with Crippen LogP contribution in [0.25, 0.3) is 5.57 Å². The van der Waals surface area contributed by atoms with E-state index < -0.39 is 0 Å². The Morgan fingerprint density at radius 3 is 2.53 bits per heavy atom. The molecule has 1 aromatic carbocycles. The Balaban J connectivity index is 2.33. The second-order valence-corrected chi connectivity index (χ2v) is 5.31. The van der Waals surface area contributed by atoms with E-state index in [2.05, 4.69) is 57.3 Å². The van der Waals surface area contributed by atoms with Crippen LogP contribution in [0.4, 0.5) is 0 Å². The Bertz CT molecular complexity index is 423. The first-order valence-corrected chi connectivity index (χ1v) is 7.15. The molecule has 0 spiro atoms. The van der Waals surface area contributed by atoms with Gasteiger partial charge in [-0.25, -0.2) is 0 Å². The van der Waals surface area contributed by atoms with Gasteiger partial charge in [0.25, 0.3) is 0 Å². The molecule has 0 nitrogen and oxygen atoms in total. The molecule has 0 aliphatic rings. The molecule has 1 unspecified atom stereocenters. The molecular weight excluding hydrogens is 228 g/mol. The summed E-state index contributed by atoms with van der Waals surface area (Å²) >= 11 is 0. The third-order valence-corrected chi connectivity index (χ3v) is 3.52. The first kappa shape index (κ1) is 15.5. The van der Waals surface area contributed by atoms with Gasteiger partial charge >= 0.3 is 0 Å². The fraction of sp³-hybridized carbons (Fsp3) is 0.368. The second-order valence-electron chi connectivity index (χ2n) is 5.31. The molecule has 0 fully saturated rings. The molecule has 0 radical (unpaired) electrons. The number of hydrogen-bond donors (Lipinski definition) is 0. The maximum Gasteiger partial charge on any atom is -0.0230 e. The number of allylic oxidation sites excluding steroid dienone is 4. The van der Waals surface area contributed by atoms with E-state index in [4.69, 9.17) is 0 Å². The molecule has 0 bridgehead atoms.